The van der Waals surface area contributed by atoms with Gasteiger partial charge >= 0.3 is 0 Å². The lowest BCUT2D eigenvalue weighted by molar-refractivity contribution is -0.162. The number of hydrogen-bond donors (Lipinski definition) is 1. The second-order valence-electron chi connectivity index (χ2n) is 7.07. The number of nitrogens with one attached hydrogen (secondary N) is 1. The van der Waals surface area contributed by atoms with Crippen molar-refractivity contribution in [3.63, 3.8) is 0 Å². The van der Waals surface area contributed by atoms with E-state index in [1.807, 2.05) is 18.3 Å². The summed E-state index contributed by atoms with van der Waals surface area (Å²) in [6, 6.07) is 12.6. The third kappa shape index (κ3) is 2.29. The molecule has 7 nitrogen and oxygen atoms in total. The number of fused-ring (bicyclic) bond motifs is 5. The molecule has 3 aliphatic heterocycles. The maximum Gasteiger partial charge on any atom is 0.163 e. The van der Waals surface area contributed by atoms with E-state index in [2.05, 4.69) is 46.4 Å². The first-order valence-corrected chi connectivity index (χ1v) is 8.96. The van der Waals surface area contributed by atoms with Gasteiger partial charge in [0.1, 0.15) is 12.9 Å². The fourth-order valence-corrected chi connectivity index (χ4v) is 4.28. The zero-order chi connectivity index (χ0) is 17.7. The molecule has 2 saturated heterocycles. The van der Waals surface area contributed by atoms with Gasteiger partial charge in [0.2, 0.25) is 0 Å². The smallest absolute Gasteiger partial charge is 0.163 e. The number of aryl methyl sites for hydroxylation is 1. The molecule has 136 valence electrons. The van der Waals surface area contributed by atoms with Crippen LogP contribution in [0.4, 0.5) is 5.69 Å². The van der Waals surface area contributed by atoms with E-state index in [1.165, 1.54) is 11.1 Å². The first kappa shape index (κ1) is 16.2. The number of rotatable bonds is 2. The second kappa shape index (κ2) is 6.00. The minimum atomic E-state index is -0.512. The van der Waals surface area contributed by atoms with Crippen LogP contribution in [0.15, 0.2) is 42.6 Å². The Morgan fingerprint density at radius 3 is 3.04 bits per heavy atom. The lowest BCUT2D eigenvalue weighted by Crippen LogP contribution is -2.56. The molecular formula is C19H23N5O2. The highest BCUT2D eigenvalue weighted by Gasteiger charge is 2.53. The number of hydrogen-bond acceptors (Lipinski definition) is 7. The number of benzene rings is 1. The normalized spacial score (nSPS) is 28.5. The van der Waals surface area contributed by atoms with Gasteiger partial charge in [-0.3, -0.25) is 14.7 Å². The Labute approximate surface area is 153 Å². The van der Waals surface area contributed by atoms with Crippen LogP contribution < -0.4 is 10.3 Å². The summed E-state index contributed by atoms with van der Waals surface area (Å²) in [5.41, 5.74) is 7.61. The van der Waals surface area contributed by atoms with Gasteiger partial charge in [0, 0.05) is 30.5 Å². The quantitative estimate of drug-likeness (QED) is 0.882. The maximum atomic E-state index is 6.11. The molecule has 1 aromatic carbocycles. The Morgan fingerprint density at radius 1 is 1.31 bits per heavy atom. The van der Waals surface area contributed by atoms with Crippen LogP contribution in [0, 0.1) is 6.92 Å². The standard InChI is InChI=1S/C19H23N5O2/c1-14-6-7-15-16(11-14)23-13-24(25-2)21-19(23,17-5-3-4-8-20-17)12-22-9-10-26-18(15)22/h3-8,11,18,21H,9-10,12-13H2,1-2H3. The third-order valence-electron chi connectivity index (χ3n) is 5.51. The van der Waals surface area contributed by atoms with Gasteiger partial charge in [0.15, 0.2) is 5.66 Å². The molecule has 2 fully saturated rings. The topological polar surface area (TPSA) is 53.1 Å². The predicted octanol–water partition coefficient (Wildman–Crippen LogP) is 1.73. The first-order valence-electron chi connectivity index (χ1n) is 8.96. The molecular weight excluding hydrogens is 330 g/mol. The van der Waals surface area contributed by atoms with Crippen LogP contribution in [0.2, 0.25) is 0 Å². The van der Waals surface area contributed by atoms with Crippen molar-refractivity contribution < 1.29 is 9.57 Å². The van der Waals surface area contributed by atoms with Crippen molar-refractivity contribution in [2.45, 2.75) is 18.8 Å². The molecule has 2 atom stereocenters. The minimum Gasteiger partial charge on any atom is -0.357 e. The molecule has 0 bridgehead atoms. The van der Waals surface area contributed by atoms with Gasteiger partial charge in [-0.1, -0.05) is 18.2 Å². The van der Waals surface area contributed by atoms with E-state index in [9.17, 15) is 0 Å². The summed E-state index contributed by atoms with van der Waals surface area (Å²) in [6.07, 6.45) is 1.83. The summed E-state index contributed by atoms with van der Waals surface area (Å²) in [4.78, 5) is 15.0. The fourth-order valence-electron chi connectivity index (χ4n) is 4.28. The lowest BCUT2D eigenvalue weighted by atomic mass is 10.0. The molecule has 0 amide bonds. The molecule has 2 aromatic rings. The SMILES string of the molecule is CON1CN2c3cc(C)ccc3C3OCCN3CC2(c2ccccn2)N1. The van der Waals surface area contributed by atoms with Crippen LogP contribution in [0.3, 0.4) is 0 Å². The molecule has 0 spiro atoms. The monoisotopic (exact) mass is 353 g/mol. The number of pyridine rings is 1. The highest BCUT2D eigenvalue weighted by molar-refractivity contribution is 5.61. The van der Waals surface area contributed by atoms with Crippen LogP contribution in [-0.4, -0.2) is 48.5 Å². The van der Waals surface area contributed by atoms with Crippen molar-refractivity contribution in [2.24, 2.45) is 0 Å². The highest BCUT2D eigenvalue weighted by atomic mass is 16.7. The van der Waals surface area contributed by atoms with Gasteiger partial charge in [0.25, 0.3) is 0 Å². The molecule has 4 heterocycles. The van der Waals surface area contributed by atoms with Gasteiger partial charge in [-0.2, -0.15) is 5.43 Å². The molecule has 7 heteroatoms. The Bertz CT molecular complexity index is 817. The number of aromatic nitrogens is 1. The molecule has 0 aliphatic carbocycles. The third-order valence-corrected chi connectivity index (χ3v) is 5.51. The number of ether oxygens (including phenoxy) is 1. The summed E-state index contributed by atoms with van der Waals surface area (Å²) in [7, 11) is 1.68. The number of hydrazine groups is 1. The van der Waals surface area contributed by atoms with Gasteiger partial charge in [-0.15, -0.1) is 5.17 Å². The van der Waals surface area contributed by atoms with Gasteiger partial charge < -0.3 is 9.64 Å². The molecule has 1 aromatic heterocycles. The Balaban J connectivity index is 1.74. The predicted molar refractivity (Wildman–Crippen MR) is 96.7 cm³/mol. The number of anilines is 1. The highest BCUT2D eigenvalue weighted by Crippen LogP contribution is 2.46. The molecule has 0 radical (unpaired) electrons. The van der Waals surface area contributed by atoms with Crippen molar-refractivity contribution in [2.75, 3.05) is 38.4 Å². The van der Waals surface area contributed by atoms with Crippen molar-refractivity contribution in [3.05, 3.63) is 59.4 Å². The average Bonchev–Trinajstić information content (AvgIpc) is 3.26. The molecule has 0 saturated carbocycles. The zero-order valence-electron chi connectivity index (χ0n) is 15.1. The summed E-state index contributed by atoms with van der Waals surface area (Å²) in [5, 5.41) is 1.78. The average molecular weight is 353 g/mol. The van der Waals surface area contributed by atoms with Gasteiger partial charge in [0.05, 0.1) is 19.4 Å². The number of hydroxylamine groups is 1. The van der Waals surface area contributed by atoms with Crippen LogP contribution in [0.25, 0.3) is 0 Å². The van der Waals surface area contributed by atoms with E-state index in [0.717, 1.165) is 31.1 Å². The lowest BCUT2D eigenvalue weighted by Gasteiger charge is -2.38. The van der Waals surface area contributed by atoms with Crippen molar-refractivity contribution in [1.29, 1.82) is 0 Å². The van der Waals surface area contributed by atoms with Crippen molar-refractivity contribution in [3.8, 4) is 0 Å². The summed E-state index contributed by atoms with van der Waals surface area (Å²) in [5.74, 6) is 0. The van der Waals surface area contributed by atoms with E-state index in [0.29, 0.717) is 6.67 Å². The molecule has 3 aliphatic rings. The second-order valence-corrected chi connectivity index (χ2v) is 7.07. The van der Waals surface area contributed by atoms with Crippen molar-refractivity contribution in [1.82, 2.24) is 20.5 Å². The molecule has 1 N–H and O–H groups in total. The molecule has 2 unspecified atom stereocenters. The van der Waals surface area contributed by atoms with E-state index in [-0.39, 0.29) is 6.23 Å². The van der Waals surface area contributed by atoms with Crippen LogP contribution >= 0.6 is 0 Å². The van der Waals surface area contributed by atoms with Crippen LogP contribution in [-0.2, 0) is 15.2 Å². The van der Waals surface area contributed by atoms with Gasteiger partial charge in [-0.25, -0.2) is 0 Å². The summed E-state index contributed by atoms with van der Waals surface area (Å²) >= 11 is 0. The van der Waals surface area contributed by atoms with Gasteiger partial charge in [-0.05, 0) is 30.7 Å². The number of nitrogens with zero attached hydrogens (tertiary/aromatic N) is 4. The summed E-state index contributed by atoms with van der Waals surface area (Å²) in [6.45, 7) is 5.12. The first-order chi connectivity index (χ1) is 12.7. The van der Waals surface area contributed by atoms with Crippen LogP contribution in [0.1, 0.15) is 23.0 Å². The minimum absolute atomic E-state index is 0.0189. The summed E-state index contributed by atoms with van der Waals surface area (Å²) < 4.78 is 6.11. The Kier molecular flexibility index (Phi) is 3.73. The van der Waals surface area contributed by atoms with E-state index in [1.54, 1.807) is 12.3 Å². The van der Waals surface area contributed by atoms with E-state index >= 15 is 0 Å². The fraction of sp³-hybridized carbons (Fsp3) is 0.421. The van der Waals surface area contributed by atoms with Crippen LogP contribution in [0.5, 0.6) is 0 Å². The van der Waals surface area contributed by atoms with E-state index < -0.39 is 5.66 Å². The Morgan fingerprint density at radius 2 is 2.23 bits per heavy atom. The van der Waals surface area contributed by atoms with Crippen molar-refractivity contribution >= 4 is 5.69 Å². The molecule has 5 rings (SSSR count). The maximum absolute atomic E-state index is 6.11. The van der Waals surface area contributed by atoms with E-state index in [4.69, 9.17) is 14.6 Å². The molecule has 26 heavy (non-hydrogen) atoms. The largest absolute Gasteiger partial charge is 0.357 e. The zero-order valence-corrected chi connectivity index (χ0v) is 15.1. The Hall–Kier alpha value is -2.03.